The van der Waals surface area contributed by atoms with Gasteiger partial charge >= 0.3 is 6.03 Å². The SMILES string of the molecule is CC[C@H]1CN(C(=O)Nc2ccccc2COC)CCO1. The third-order valence-electron chi connectivity index (χ3n) is 3.44. The van der Waals surface area contributed by atoms with Crippen molar-refractivity contribution >= 4 is 11.7 Å². The van der Waals surface area contributed by atoms with E-state index in [1.165, 1.54) is 0 Å². The maximum Gasteiger partial charge on any atom is 0.322 e. The highest BCUT2D eigenvalue weighted by Crippen LogP contribution is 2.17. The van der Waals surface area contributed by atoms with Gasteiger partial charge in [-0.2, -0.15) is 0 Å². The number of carbonyl (C=O) groups excluding carboxylic acids is 1. The van der Waals surface area contributed by atoms with E-state index in [1.807, 2.05) is 24.3 Å². The molecule has 5 heteroatoms. The van der Waals surface area contributed by atoms with E-state index >= 15 is 0 Å². The molecule has 1 saturated heterocycles. The molecule has 0 aromatic heterocycles. The second kappa shape index (κ2) is 7.26. The van der Waals surface area contributed by atoms with Gasteiger partial charge in [0.05, 0.1) is 19.3 Å². The summed E-state index contributed by atoms with van der Waals surface area (Å²) in [5.41, 5.74) is 1.78. The third kappa shape index (κ3) is 3.71. The van der Waals surface area contributed by atoms with E-state index in [2.05, 4.69) is 12.2 Å². The summed E-state index contributed by atoms with van der Waals surface area (Å²) in [5.74, 6) is 0. The molecule has 1 aromatic carbocycles. The fraction of sp³-hybridized carbons (Fsp3) is 0.533. The molecule has 1 aliphatic rings. The summed E-state index contributed by atoms with van der Waals surface area (Å²) in [6, 6.07) is 7.61. The molecule has 1 aromatic rings. The van der Waals surface area contributed by atoms with Crippen LogP contribution >= 0.6 is 0 Å². The lowest BCUT2D eigenvalue weighted by atomic mass is 10.2. The number of methoxy groups -OCH3 is 1. The van der Waals surface area contributed by atoms with Gasteiger partial charge in [-0.15, -0.1) is 0 Å². The van der Waals surface area contributed by atoms with E-state index in [9.17, 15) is 4.79 Å². The number of carbonyl (C=O) groups is 1. The number of hydrogen-bond donors (Lipinski definition) is 1. The second-order valence-electron chi connectivity index (χ2n) is 4.87. The molecule has 20 heavy (non-hydrogen) atoms. The van der Waals surface area contributed by atoms with Crippen LogP contribution in [0.4, 0.5) is 10.5 Å². The average Bonchev–Trinajstić information content (AvgIpc) is 2.49. The molecule has 1 atom stereocenters. The Labute approximate surface area is 119 Å². The van der Waals surface area contributed by atoms with Crippen LogP contribution in [0.3, 0.4) is 0 Å². The van der Waals surface area contributed by atoms with Gasteiger partial charge in [0.2, 0.25) is 0 Å². The highest BCUT2D eigenvalue weighted by molar-refractivity contribution is 5.90. The molecule has 0 saturated carbocycles. The van der Waals surface area contributed by atoms with Crippen LogP contribution in [0.1, 0.15) is 18.9 Å². The molecule has 5 nitrogen and oxygen atoms in total. The molecule has 0 unspecified atom stereocenters. The fourth-order valence-corrected chi connectivity index (χ4v) is 2.27. The van der Waals surface area contributed by atoms with Gasteiger partial charge in [0, 0.05) is 31.5 Å². The molecule has 0 radical (unpaired) electrons. The number of anilines is 1. The zero-order valence-corrected chi connectivity index (χ0v) is 12.1. The van der Waals surface area contributed by atoms with Crippen molar-refractivity contribution in [2.24, 2.45) is 0 Å². The minimum Gasteiger partial charge on any atom is -0.380 e. The van der Waals surface area contributed by atoms with Crippen LogP contribution < -0.4 is 5.32 Å². The van der Waals surface area contributed by atoms with Crippen LogP contribution in [0.15, 0.2) is 24.3 Å². The Bertz CT molecular complexity index is 450. The average molecular weight is 278 g/mol. The summed E-state index contributed by atoms with van der Waals surface area (Å²) < 4.78 is 10.7. The lowest BCUT2D eigenvalue weighted by Gasteiger charge is -2.32. The molecule has 1 heterocycles. The van der Waals surface area contributed by atoms with Crippen molar-refractivity contribution in [2.75, 3.05) is 32.1 Å². The van der Waals surface area contributed by atoms with Crippen LogP contribution in [-0.4, -0.2) is 43.8 Å². The van der Waals surface area contributed by atoms with Gasteiger partial charge in [0.25, 0.3) is 0 Å². The van der Waals surface area contributed by atoms with Crippen molar-refractivity contribution < 1.29 is 14.3 Å². The lowest BCUT2D eigenvalue weighted by Crippen LogP contribution is -2.47. The van der Waals surface area contributed by atoms with Crippen molar-refractivity contribution in [1.29, 1.82) is 0 Å². The van der Waals surface area contributed by atoms with E-state index < -0.39 is 0 Å². The third-order valence-corrected chi connectivity index (χ3v) is 3.44. The van der Waals surface area contributed by atoms with Gasteiger partial charge in [0.1, 0.15) is 0 Å². The lowest BCUT2D eigenvalue weighted by molar-refractivity contribution is -0.0134. The molecule has 2 rings (SSSR count). The highest BCUT2D eigenvalue weighted by Gasteiger charge is 2.23. The molecule has 0 aliphatic carbocycles. The van der Waals surface area contributed by atoms with E-state index in [1.54, 1.807) is 12.0 Å². The standard InChI is InChI=1S/C15H22N2O3/c1-3-13-10-17(8-9-20-13)15(18)16-14-7-5-4-6-12(14)11-19-2/h4-7,13H,3,8-11H2,1-2H3,(H,16,18)/t13-/m0/s1. The number of benzene rings is 1. The number of ether oxygens (including phenoxy) is 2. The Morgan fingerprint density at radius 3 is 3.05 bits per heavy atom. The predicted octanol–water partition coefficient (Wildman–Crippen LogP) is 2.48. The molecule has 1 N–H and O–H groups in total. The zero-order valence-electron chi connectivity index (χ0n) is 12.1. The summed E-state index contributed by atoms with van der Waals surface area (Å²) in [4.78, 5) is 14.1. The van der Waals surface area contributed by atoms with Crippen LogP contribution in [-0.2, 0) is 16.1 Å². The molecule has 110 valence electrons. The van der Waals surface area contributed by atoms with Gasteiger partial charge < -0.3 is 19.7 Å². The summed E-state index contributed by atoms with van der Waals surface area (Å²) in [6.45, 7) is 4.44. The molecule has 0 bridgehead atoms. The van der Waals surface area contributed by atoms with Gasteiger partial charge in [-0.3, -0.25) is 0 Å². The predicted molar refractivity (Wildman–Crippen MR) is 77.8 cm³/mol. The van der Waals surface area contributed by atoms with Crippen molar-refractivity contribution in [3.63, 3.8) is 0 Å². The van der Waals surface area contributed by atoms with E-state index in [-0.39, 0.29) is 12.1 Å². The van der Waals surface area contributed by atoms with Gasteiger partial charge in [-0.1, -0.05) is 25.1 Å². The van der Waals surface area contributed by atoms with Gasteiger partial charge in [-0.25, -0.2) is 4.79 Å². The molecule has 0 spiro atoms. The molecular formula is C15H22N2O3. The van der Waals surface area contributed by atoms with Crippen molar-refractivity contribution in [2.45, 2.75) is 26.1 Å². The van der Waals surface area contributed by atoms with Crippen molar-refractivity contribution in [3.8, 4) is 0 Å². The summed E-state index contributed by atoms with van der Waals surface area (Å²) in [5, 5.41) is 2.96. The Morgan fingerprint density at radius 1 is 1.50 bits per heavy atom. The molecule has 1 aliphatic heterocycles. The first-order valence-corrected chi connectivity index (χ1v) is 6.99. The van der Waals surface area contributed by atoms with Gasteiger partial charge in [-0.05, 0) is 12.5 Å². The van der Waals surface area contributed by atoms with Gasteiger partial charge in [0.15, 0.2) is 0 Å². The fourth-order valence-electron chi connectivity index (χ4n) is 2.27. The Morgan fingerprint density at radius 2 is 2.30 bits per heavy atom. The highest BCUT2D eigenvalue weighted by atomic mass is 16.5. The molecule has 2 amide bonds. The summed E-state index contributed by atoms with van der Waals surface area (Å²) in [7, 11) is 1.65. The smallest absolute Gasteiger partial charge is 0.322 e. The number of nitrogens with zero attached hydrogens (tertiary/aromatic N) is 1. The maximum atomic E-state index is 12.3. The Balaban J connectivity index is 2.00. The zero-order chi connectivity index (χ0) is 14.4. The van der Waals surface area contributed by atoms with Crippen LogP contribution in [0.5, 0.6) is 0 Å². The van der Waals surface area contributed by atoms with Crippen LogP contribution in [0, 0.1) is 0 Å². The molecule has 1 fully saturated rings. The summed E-state index contributed by atoms with van der Waals surface area (Å²) >= 11 is 0. The largest absolute Gasteiger partial charge is 0.380 e. The Hall–Kier alpha value is -1.59. The number of nitrogens with one attached hydrogen (secondary N) is 1. The number of hydrogen-bond acceptors (Lipinski definition) is 3. The summed E-state index contributed by atoms with van der Waals surface area (Å²) in [6.07, 6.45) is 1.06. The van der Waals surface area contributed by atoms with E-state index in [0.717, 1.165) is 17.7 Å². The van der Waals surface area contributed by atoms with E-state index in [4.69, 9.17) is 9.47 Å². The first-order chi connectivity index (χ1) is 9.74. The monoisotopic (exact) mass is 278 g/mol. The molecular weight excluding hydrogens is 256 g/mol. The Kier molecular flexibility index (Phi) is 5.38. The maximum absolute atomic E-state index is 12.3. The minimum atomic E-state index is -0.0738. The first kappa shape index (κ1) is 14.8. The second-order valence-corrected chi connectivity index (χ2v) is 4.87. The number of urea groups is 1. The van der Waals surface area contributed by atoms with Crippen LogP contribution in [0.2, 0.25) is 0 Å². The van der Waals surface area contributed by atoms with Crippen molar-refractivity contribution in [1.82, 2.24) is 4.90 Å². The number of para-hydroxylation sites is 1. The van der Waals surface area contributed by atoms with E-state index in [0.29, 0.717) is 26.3 Å². The topological polar surface area (TPSA) is 50.8 Å². The van der Waals surface area contributed by atoms with Crippen molar-refractivity contribution in [3.05, 3.63) is 29.8 Å². The normalized spacial score (nSPS) is 18.9. The number of rotatable bonds is 4. The van der Waals surface area contributed by atoms with Crippen LogP contribution in [0.25, 0.3) is 0 Å². The number of amides is 2. The minimum absolute atomic E-state index is 0.0738. The quantitative estimate of drug-likeness (QED) is 0.920. The first-order valence-electron chi connectivity index (χ1n) is 6.99. The number of morpholine rings is 1.